The molecule has 41 heteroatoms. The minimum absolute atomic E-state index is 0.00579. The van der Waals surface area contributed by atoms with Gasteiger partial charge in [-0.1, -0.05) is 109 Å². The maximum atomic E-state index is 15.9. The smallest absolute Gasteiger partial charge is 0.246 e. The molecule has 5 heterocycles. The lowest BCUT2D eigenvalue weighted by Crippen LogP contribution is -2.64. The lowest BCUT2D eigenvalue weighted by molar-refractivity contribution is -0.150. The Labute approximate surface area is 697 Å². The number of rotatable bonds is 15. The molecular weight excluding hydrogens is 1570 g/mol. The number of primary amides is 1. The molecule has 39 nitrogen and oxygen atoms in total. The van der Waals surface area contributed by atoms with E-state index in [1.54, 1.807) is 69.2 Å². The summed E-state index contributed by atoms with van der Waals surface area (Å²) in [7, 11) is 3.02. The van der Waals surface area contributed by atoms with Gasteiger partial charge in [0.2, 0.25) is 100 Å². The van der Waals surface area contributed by atoms with Gasteiger partial charge < -0.3 is 111 Å². The number of hydrogen-bond acceptors (Lipinski definition) is 22. The second-order valence-corrected chi connectivity index (χ2v) is 35.8. The number of carbonyl (C=O) groups excluding carboxylic acids is 17. The normalized spacial score (nSPS) is 30.6. The highest BCUT2D eigenvalue weighted by Gasteiger charge is 2.53. The van der Waals surface area contributed by atoms with Gasteiger partial charge in [-0.2, -0.15) is 0 Å². The van der Waals surface area contributed by atoms with Crippen LogP contribution in [-0.4, -0.2) is 290 Å². The summed E-state index contributed by atoms with van der Waals surface area (Å²) >= 11 is 0. The number of amides is 17. The first-order valence-corrected chi connectivity index (χ1v) is 43.7. The van der Waals surface area contributed by atoms with Crippen LogP contribution in [0.15, 0.2) is 4.99 Å². The van der Waals surface area contributed by atoms with Crippen LogP contribution in [0, 0.1) is 29.6 Å². The van der Waals surface area contributed by atoms with Crippen molar-refractivity contribution in [3.8, 4) is 0 Å². The molecule has 20 N–H and O–H groups in total. The lowest BCUT2D eigenvalue weighted by Gasteiger charge is -2.39. The van der Waals surface area contributed by atoms with E-state index in [9.17, 15) is 53.4 Å². The van der Waals surface area contributed by atoms with Crippen LogP contribution >= 0.6 is 21.6 Å². The zero-order valence-electron chi connectivity index (χ0n) is 70.1. The molecule has 6 fully saturated rings. The number of aliphatic hydroxyl groups is 2. The van der Waals surface area contributed by atoms with Crippen molar-refractivity contribution in [1.82, 2.24) is 83.4 Å². The maximum Gasteiger partial charge on any atom is 0.246 e. The summed E-state index contributed by atoms with van der Waals surface area (Å²) in [5, 5.41) is 53.6. The van der Waals surface area contributed by atoms with E-state index in [4.69, 9.17) is 17.2 Å². The van der Waals surface area contributed by atoms with E-state index in [1.165, 1.54) is 28.7 Å². The van der Waals surface area contributed by atoms with E-state index >= 15 is 38.4 Å². The summed E-state index contributed by atoms with van der Waals surface area (Å²) in [6.45, 7) is 15.3. The van der Waals surface area contributed by atoms with Gasteiger partial charge in [-0.05, 0) is 121 Å². The number of likely N-dealkylation sites (N-methyl/N-ethyl adjacent to an activating group) is 1. The number of carbonyl (C=O) groups is 17. The number of nitrogens with one attached hydrogen (secondary N) is 12. The molecule has 0 aromatic carbocycles. The Kier molecular flexibility index (Phi) is 38.0. The van der Waals surface area contributed by atoms with Gasteiger partial charge in [0.15, 0.2) is 5.96 Å². The van der Waals surface area contributed by atoms with Crippen LogP contribution < -0.4 is 81.0 Å². The van der Waals surface area contributed by atoms with Crippen molar-refractivity contribution in [3.63, 3.8) is 0 Å². The second kappa shape index (κ2) is 45.9. The van der Waals surface area contributed by atoms with Crippen molar-refractivity contribution in [2.75, 3.05) is 58.7 Å². The maximum absolute atomic E-state index is 15.9. The summed E-state index contributed by atoms with van der Waals surface area (Å²) in [5.74, 6) is -18.2. The summed E-state index contributed by atoms with van der Waals surface area (Å²) < 4.78 is -1.62. The monoisotopic (exact) mass is 1700 g/mol. The molecule has 662 valence electrons. The topological polar surface area (TPSA) is 578 Å². The fraction of sp³-hybridized carbons (Fsp3) is 0.766. The average Bonchev–Trinajstić information content (AvgIpc) is 1.61. The minimum Gasteiger partial charge on any atom is -0.394 e. The zero-order chi connectivity index (χ0) is 87.7. The quantitative estimate of drug-likeness (QED) is 0.0323. The van der Waals surface area contributed by atoms with Gasteiger partial charge in [0.1, 0.15) is 84.6 Å². The Balaban J connectivity index is 1.54. The van der Waals surface area contributed by atoms with Crippen LogP contribution in [0.2, 0.25) is 0 Å². The highest BCUT2D eigenvalue weighted by molar-refractivity contribution is 8.77. The first-order chi connectivity index (χ1) is 55.7. The first kappa shape index (κ1) is 97.7. The Morgan fingerprint density at radius 2 is 1.08 bits per heavy atom. The minimum atomic E-state index is -1.95. The number of nitrogens with zero attached hydrogens (tertiary/aromatic N) is 5. The summed E-state index contributed by atoms with van der Waals surface area (Å²) in [4.78, 5) is 258. The number of fused-ring (bicyclic) bond motifs is 10. The zero-order valence-corrected chi connectivity index (χ0v) is 71.7. The highest BCUT2D eigenvalue weighted by atomic mass is 33.1. The van der Waals surface area contributed by atoms with Crippen molar-refractivity contribution < 1.29 is 91.7 Å². The molecule has 2 bridgehead atoms. The molecule has 5 aliphatic heterocycles. The molecule has 19 atom stereocenters. The van der Waals surface area contributed by atoms with Crippen molar-refractivity contribution in [3.05, 3.63) is 0 Å². The molecule has 0 aromatic heterocycles. The van der Waals surface area contributed by atoms with Gasteiger partial charge in [0, 0.05) is 56.2 Å². The van der Waals surface area contributed by atoms with Crippen LogP contribution in [0.1, 0.15) is 192 Å². The van der Waals surface area contributed by atoms with Crippen molar-refractivity contribution in [1.29, 1.82) is 0 Å². The van der Waals surface area contributed by atoms with E-state index in [-0.39, 0.29) is 121 Å². The van der Waals surface area contributed by atoms with Crippen molar-refractivity contribution >= 4 is 128 Å². The molecule has 6 aliphatic rings. The summed E-state index contributed by atoms with van der Waals surface area (Å²) in [6, 6.07) is -21.6. The SMILES string of the molecule is CC[C@@H](C)[C@@H]1NC(=O)[C@H]2NC(=O)[C@H]([C@@H](C)CC)NC(=O)[C@@H]3C[C@@H]4CCCC[C@H]4N3C(=O)[C@@H]3CCCN3C(=O)[C@H](CC(C)C)NC(=O)[C@H](CO)NC(=O)[C@H](CCCN=C(N)N)NC(=O)[C@H](CO)NC(=O)[C@H](CSSC2(C)C)NC(=O)[C@H]([C@@H](C)CC)NC(=O)[C@H](C)N(C)C(=O)CNC(=O)CCCNC(=O)C[C@@H](C(N)=O)NC(=O)[C@@H]2CCCN2C1=O. The predicted molar refractivity (Wildman–Crippen MR) is 437 cm³/mol. The summed E-state index contributed by atoms with van der Waals surface area (Å²) in [6.07, 6.45) is 3.37. The molecule has 0 spiro atoms. The molecule has 1 saturated carbocycles. The van der Waals surface area contributed by atoms with Gasteiger partial charge in [0.25, 0.3) is 0 Å². The fourth-order valence-electron chi connectivity index (χ4n) is 15.5. The van der Waals surface area contributed by atoms with Gasteiger partial charge in [0.05, 0.1) is 26.2 Å². The second-order valence-electron chi connectivity index (χ2n) is 32.8. The molecule has 5 saturated heterocycles. The van der Waals surface area contributed by atoms with E-state index in [0.29, 0.717) is 25.7 Å². The molecule has 0 unspecified atom stereocenters. The Morgan fingerprint density at radius 3 is 1.68 bits per heavy atom. The van der Waals surface area contributed by atoms with E-state index in [0.717, 1.165) is 32.9 Å². The van der Waals surface area contributed by atoms with E-state index < -0.39 is 245 Å². The molecule has 6 rings (SSSR count). The van der Waals surface area contributed by atoms with E-state index in [1.807, 2.05) is 0 Å². The molecule has 1 aliphatic carbocycles. The third-order valence-corrected chi connectivity index (χ3v) is 26.6. The number of nitrogens with two attached hydrogens (primary N) is 3. The Hall–Kier alpha value is -9.12. The van der Waals surface area contributed by atoms with Crippen LogP contribution in [0.3, 0.4) is 0 Å². The molecule has 0 aromatic rings. The number of aliphatic imine (C=N–C) groups is 1. The van der Waals surface area contributed by atoms with Crippen molar-refractivity contribution in [2.45, 2.75) is 287 Å². The fourth-order valence-corrected chi connectivity index (χ4v) is 18.3. The molecule has 118 heavy (non-hydrogen) atoms. The summed E-state index contributed by atoms with van der Waals surface area (Å²) in [5.41, 5.74) is 17.0. The average molecular weight is 1700 g/mol. The predicted octanol–water partition coefficient (Wildman–Crippen LogP) is -3.88. The van der Waals surface area contributed by atoms with Gasteiger partial charge in [-0.25, -0.2) is 0 Å². The van der Waals surface area contributed by atoms with Crippen molar-refractivity contribution in [2.24, 2.45) is 51.8 Å². The standard InChI is InChI=1S/C77H128N20O19S2/c1-13-40(6)58-70(111)89-50-38-117-118-77(10,11)61(72(113)92-60(42(8)15-3)75(116)95-30-20-25-52(95)68(109)85-46(62(78)103)34-56(101)81-28-19-27-55(100)83-35-57(102)94(12)43(9)63(104)90-58)93-71(112)59(41(7)14-2)91-69(110)54-33-44-22-16-17-24-51(44)97(54)74(115)53-26-21-31-96(53)73(114)47(32-39(4)5)86-66(107)49(37-99)87-64(105)45(23-18-29-82-76(79)80)84-65(106)48(36-98)88-67(50)108/h39-54,58-61,98-99H,13-38H2,1-12H3,(H2,78,103)(H,81,101)(H,83,100)(H,84,106)(H,85,109)(H,86,107)(H,87,105)(H,88,108)(H,89,111)(H,90,104)(H,91,110)(H,92,113)(H,93,112)(H4,79,80,82)/t40-,41-,42+,43-,44-,45-,46-,47-,48-,49-,50-,51+,52-,53-,54-,58-,59-,60-,61+/m0/s1. The van der Waals surface area contributed by atoms with Crippen LogP contribution in [-0.2, 0) is 81.5 Å². The number of hydrogen-bond donors (Lipinski definition) is 17. The first-order valence-electron chi connectivity index (χ1n) is 41.4. The lowest BCUT2D eigenvalue weighted by atomic mass is 9.84. The number of aliphatic hydroxyl groups excluding tert-OH is 2. The third kappa shape index (κ3) is 26.7. The third-order valence-electron chi connectivity index (χ3n) is 23.3. The molecule has 0 radical (unpaired) electrons. The highest BCUT2D eigenvalue weighted by Crippen LogP contribution is 2.42. The van der Waals surface area contributed by atoms with Crippen LogP contribution in [0.4, 0.5) is 0 Å². The van der Waals surface area contributed by atoms with Gasteiger partial charge in [-0.3, -0.25) is 86.5 Å². The molecule has 17 amide bonds. The Bertz CT molecular complexity index is 3650. The largest absolute Gasteiger partial charge is 0.394 e. The van der Waals surface area contributed by atoms with Crippen LogP contribution in [0.5, 0.6) is 0 Å². The Morgan fingerprint density at radius 1 is 0.551 bits per heavy atom. The van der Waals surface area contributed by atoms with Gasteiger partial charge in [-0.15, -0.1) is 0 Å². The van der Waals surface area contributed by atoms with Crippen LogP contribution in [0.25, 0.3) is 0 Å². The molecular formula is C77H128N20O19S2. The van der Waals surface area contributed by atoms with E-state index in [2.05, 4.69) is 68.8 Å². The number of guanidine groups is 1. The van der Waals surface area contributed by atoms with Gasteiger partial charge >= 0.3 is 0 Å².